The second kappa shape index (κ2) is 6.27. The highest BCUT2D eigenvalue weighted by Crippen LogP contribution is 2.21. The van der Waals surface area contributed by atoms with Gasteiger partial charge in [0.15, 0.2) is 0 Å². The van der Waals surface area contributed by atoms with E-state index in [-0.39, 0.29) is 5.56 Å². The second-order valence-corrected chi connectivity index (χ2v) is 4.69. The summed E-state index contributed by atoms with van der Waals surface area (Å²) in [5.74, 6) is -0.643. The molecule has 0 saturated heterocycles. The van der Waals surface area contributed by atoms with Gasteiger partial charge in [-0.2, -0.15) is 5.10 Å². The standard InChI is InChI=1S/C16H13FN4O2/c1-23-15-7-2-11(17)8-14(15)16(22)20-12-3-5-13(6-4-12)21-10-18-9-19-21/h2-10H,1H3,(H,20,22). The topological polar surface area (TPSA) is 69.0 Å². The van der Waals surface area contributed by atoms with Gasteiger partial charge >= 0.3 is 0 Å². The van der Waals surface area contributed by atoms with Gasteiger partial charge in [-0.3, -0.25) is 4.79 Å². The summed E-state index contributed by atoms with van der Waals surface area (Å²) >= 11 is 0. The van der Waals surface area contributed by atoms with Crippen molar-refractivity contribution in [2.75, 3.05) is 12.4 Å². The number of hydrogen-bond acceptors (Lipinski definition) is 4. The van der Waals surface area contributed by atoms with E-state index in [2.05, 4.69) is 15.4 Å². The van der Waals surface area contributed by atoms with Crippen LogP contribution in [0.25, 0.3) is 5.69 Å². The van der Waals surface area contributed by atoms with Gasteiger partial charge in [-0.05, 0) is 42.5 Å². The summed E-state index contributed by atoms with van der Waals surface area (Å²) in [6.07, 6.45) is 3.01. The van der Waals surface area contributed by atoms with E-state index in [1.165, 1.54) is 25.6 Å². The first-order chi connectivity index (χ1) is 11.2. The van der Waals surface area contributed by atoms with Crippen LogP contribution in [0.4, 0.5) is 10.1 Å². The van der Waals surface area contributed by atoms with Crippen molar-refractivity contribution in [2.45, 2.75) is 0 Å². The second-order valence-electron chi connectivity index (χ2n) is 4.69. The molecule has 6 nitrogen and oxygen atoms in total. The fourth-order valence-corrected chi connectivity index (χ4v) is 2.10. The molecule has 0 aliphatic carbocycles. The number of nitrogens with one attached hydrogen (secondary N) is 1. The third-order valence-corrected chi connectivity index (χ3v) is 3.21. The van der Waals surface area contributed by atoms with E-state index >= 15 is 0 Å². The van der Waals surface area contributed by atoms with Gasteiger partial charge in [0.2, 0.25) is 0 Å². The number of aromatic nitrogens is 3. The normalized spacial score (nSPS) is 10.3. The lowest BCUT2D eigenvalue weighted by molar-refractivity contribution is 0.102. The number of carbonyl (C=O) groups is 1. The quantitative estimate of drug-likeness (QED) is 0.804. The largest absolute Gasteiger partial charge is 0.496 e. The van der Waals surface area contributed by atoms with Crippen LogP contribution in [-0.4, -0.2) is 27.8 Å². The summed E-state index contributed by atoms with van der Waals surface area (Å²) in [5.41, 5.74) is 1.52. The minimum absolute atomic E-state index is 0.132. The Morgan fingerprint density at radius 3 is 2.65 bits per heavy atom. The Morgan fingerprint density at radius 1 is 1.22 bits per heavy atom. The Morgan fingerprint density at radius 2 is 2.00 bits per heavy atom. The molecule has 0 aliphatic rings. The molecular formula is C16H13FN4O2. The predicted molar refractivity (Wildman–Crippen MR) is 82.3 cm³/mol. The molecule has 0 bridgehead atoms. The van der Waals surface area contributed by atoms with Gasteiger partial charge in [-0.25, -0.2) is 14.1 Å². The molecule has 0 aliphatic heterocycles. The molecule has 1 heterocycles. The molecule has 116 valence electrons. The first kappa shape index (κ1) is 14.7. The van der Waals surface area contributed by atoms with E-state index < -0.39 is 11.7 Å². The van der Waals surface area contributed by atoms with Crippen molar-refractivity contribution < 1.29 is 13.9 Å². The molecule has 0 atom stereocenters. The summed E-state index contributed by atoms with van der Waals surface area (Å²) in [7, 11) is 1.43. The Labute approximate surface area is 131 Å². The van der Waals surface area contributed by atoms with E-state index in [9.17, 15) is 9.18 Å². The number of hydrogen-bond donors (Lipinski definition) is 1. The number of ether oxygens (including phenoxy) is 1. The average molecular weight is 312 g/mol. The minimum Gasteiger partial charge on any atom is -0.496 e. The van der Waals surface area contributed by atoms with Crippen LogP contribution in [-0.2, 0) is 0 Å². The third-order valence-electron chi connectivity index (χ3n) is 3.21. The molecule has 23 heavy (non-hydrogen) atoms. The van der Waals surface area contributed by atoms with Crippen molar-refractivity contribution >= 4 is 11.6 Å². The molecule has 1 aromatic heterocycles. The third kappa shape index (κ3) is 3.18. The Balaban J connectivity index is 1.79. The lowest BCUT2D eigenvalue weighted by Gasteiger charge is -2.10. The van der Waals surface area contributed by atoms with Gasteiger partial charge < -0.3 is 10.1 Å². The van der Waals surface area contributed by atoms with Crippen LogP contribution >= 0.6 is 0 Å². The zero-order valence-electron chi connectivity index (χ0n) is 12.2. The number of benzene rings is 2. The molecule has 7 heteroatoms. The maximum atomic E-state index is 13.3. The number of nitrogens with zero attached hydrogens (tertiary/aromatic N) is 3. The zero-order chi connectivity index (χ0) is 16.2. The summed E-state index contributed by atoms with van der Waals surface area (Å²) in [5, 5.41) is 6.72. The summed E-state index contributed by atoms with van der Waals surface area (Å²) < 4.78 is 20.0. The number of methoxy groups -OCH3 is 1. The minimum atomic E-state index is -0.502. The molecule has 0 spiro atoms. The summed E-state index contributed by atoms with van der Waals surface area (Å²) in [4.78, 5) is 16.1. The first-order valence-corrected chi connectivity index (χ1v) is 6.77. The van der Waals surface area contributed by atoms with Crippen LogP contribution in [0.3, 0.4) is 0 Å². The van der Waals surface area contributed by atoms with E-state index in [1.54, 1.807) is 35.3 Å². The predicted octanol–water partition coefficient (Wildman–Crippen LogP) is 2.67. The SMILES string of the molecule is COc1ccc(F)cc1C(=O)Nc1ccc(-n2cncn2)cc1. The summed E-state index contributed by atoms with van der Waals surface area (Å²) in [6, 6.07) is 10.8. The van der Waals surface area contributed by atoms with Crippen molar-refractivity contribution in [3.8, 4) is 11.4 Å². The molecule has 1 amide bonds. The monoisotopic (exact) mass is 312 g/mol. The van der Waals surface area contributed by atoms with E-state index in [1.807, 2.05) is 0 Å². The molecule has 0 unspecified atom stereocenters. The van der Waals surface area contributed by atoms with Gasteiger partial charge in [0.05, 0.1) is 18.4 Å². The average Bonchev–Trinajstić information content (AvgIpc) is 3.10. The van der Waals surface area contributed by atoms with E-state index in [4.69, 9.17) is 4.74 Å². The molecule has 0 saturated carbocycles. The maximum Gasteiger partial charge on any atom is 0.259 e. The molecule has 1 N–H and O–H groups in total. The Kier molecular flexibility index (Phi) is 4.01. The highest BCUT2D eigenvalue weighted by atomic mass is 19.1. The van der Waals surface area contributed by atoms with Crippen LogP contribution < -0.4 is 10.1 Å². The van der Waals surface area contributed by atoms with Crippen LogP contribution in [0.2, 0.25) is 0 Å². The van der Waals surface area contributed by atoms with Gasteiger partial charge in [0.25, 0.3) is 5.91 Å². The van der Waals surface area contributed by atoms with Crippen molar-refractivity contribution in [3.63, 3.8) is 0 Å². The smallest absolute Gasteiger partial charge is 0.259 e. The lowest BCUT2D eigenvalue weighted by atomic mass is 10.1. The van der Waals surface area contributed by atoms with E-state index in [0.717, 1.165) is 11.8 Å². The Bertz CT molecular complexity index is 817. The van der Waals surface area contributed by atoms with Crippen LogP contribution in [0.15, 0.2) is 55.1 Å². The lowest BCUT2D eigenvalue weighted by Crippen LogP contribution is -2.13. The highest BCUT2D eigenvalue weighted by molar-refractivity contribution is 6.06. The fraction of sp³-hybridized carbons (Fsp3) is 0.0625. The number of amides is 1. The number of rotatable bonds is 4. The maximum absolute atomic E-state index is 13.3. The van der Waals surface area contributed by atoms with E-state index in [0.29, 0.717) is 11.4 Å². The van der Waals surface area contributed by atoms with Crippen molar-refractivity contribution in [1.29, 1.82) is 0 Å². The number of anilines is 1. The van der Waals surface area contributed by atoms with Crippen molar-refractivity contribution in [3.05, 3.63) is 66.5 Å². The van der Waals surface area contributed by atoms with Gasteiger partial charge in [0, 0.05) is 5.69 Å². The van der Waals surface area contributed by atoms with Gasteiger partial charge in [0.1, 0.15) is 24.2 Å². The Hall–Kier alpha value is -3.22. The molecule has 3 aromatic rings. The van der Waals surface area contributed by atoms with Crippen LogP contribution in [0.1, 0.15) is 10.4 Å². The molecule has 2 aromatic carbocycles. The highest BCUT2D eigenvalue weighted by Gasteiger charge is 2.13. The molecule has 0 radical (unpaired) electrons. The fourth-order valence-electron chi connectivity index (χ4n) is 2.10. The summed E-state index contributed by atoms with van der Waals surface area (Å²) in [6.45, 7) is 0. The number of carbonyl (C=O) groups excluding carboxylic acids is 1. The van der Waals surface area contributed by atoms with Crippen molar-refractivity contribution in [2.24, 2.45) is 0 Å². The molecular weight excluding hydrogens is 299 g/mol. The molecule has 3 rings (SSSR count). The molecule has 0 fully saturated rings. The first-order valence-electron chi connectivity index (χ1n) is 6.77. The van der Waals surface area contributed by atoms with Gasteiger partial charge in [-0.15, -0.1) is 0 Å². The van der Waals surface area contributed by atoms with Crippen LogP contribution in [0.5, 0.6) is 5.75 Å². The van der Waals surface area contributed by atoms with Gasteiger partial charge in [-0.1, -0.05) is 0 Å². The zero-order valence-corrected chi connectivity index (χ0v) is 12.2. The number of halogens is 1. The van der Waals surface area contributed by atoms with Crippen molar-refractivity contribution in [1.82, 2.24) is 14.8 Å². The van der Waals surface area contributed by atoms with Crippen LogP contribution in [0, 0.1) is 5.82 Å².